The lowest BCUT2D eigenvalue weighted by molar-refractivity contribution is 0.0705. The van der Waals surface area contributed by atoms with Crippen molar-refractivity contribution >= 4 is 11.7 Å². The summed E-state index contributed by atoms with van der Waals surface area (Å²) in [6.45, 7) is 1.96. The molecule has 1 aromatic carbocycles. The fourth-order valence-corrected chi connectivity index (χ4v) is 4.08. The van der Waals surface area contributed by atoms with Crippen LogP contribution in [0.4, 0.5) is 5.82 Å². The van der Waals surface area contributed by atoms with Crippen LogP contribution in [0.3, 0.4) is 0 Å². The van der Waals surface area contributed by atoms with Crippen LogP contribution in [0.1, 0.15) is 34.5 Å². The number of benzene rings is 1. The number of anilines is 1. The molecule has 0 radical (unpaired) electrons. The van der Waals surface area contributed by atoms with Crippen LogP contribution in [0.5, 0.6) is 0 Å². The number of amides is 1. The van der Waals surface area contributed by atoms with Crippen molar-refractivity contribution < 1.29 is 4.79 Å². The molecule has 0 unspecified atom stereocenters. The van der Waals surface area contributed by atoms with Crippen LogP contribution < -0.4 is 5.73 Å². The number of nitrogen functional groups attached to an aromatic ring is 1. The summed E-state index contributed by atoms with van der Waals surface area (Å²) in [5, 5.41) is 0. The number of rotatable bonds is 1. The van der Waals surface area contributed by atoms with Crippen molar-refractivity contribution in [2.45, 2.75) is 25.3 Å². The summed E-state index contributed by atoms with van der Waals surface area (Å²) in [6, 6.07) is 12.3. The first-order valence-corrected chi connectivity index (χ1v) is 8.84. The third-order valence-corrected chi connectivity index (χ3v) is 5.85. The summed E-state index contributed by atoms with van der Waals surface area (Å²) in [7, 11) is 1.92. The number of carbonyl (C=O) groups excluding carboxylic acids is 1. The van der Waals surface area contributed by atoms with Gasteiger partial charge in [-0.3, -0.25) is 4.79 Å². The molecule has 26 heavy (non-hydrogen) atoms. The maximum Gasteiger partial charge on any atom is 0.271 e. The smallest absolute Gasteiger partial charge is 0.271 e. The Balaban J connectivity index is 1.75. The summed E-state index contributed by atoms with van der Waals surface area (Å²) in [5.74, 6) is 0.635. The first-order valence-electron chi connectivity index (χ1n) is 8.84. The Hall–Kier alpha value is -3.08. The minimum absolute atomic E-state index is 0.0789. The molecule has 1 saturated carbocycles. The van der Waals surface area contributed by atoms with Crippen LogP contribution in [-0.4, -0.2) is 27.4 Å². The Morgan fingerprint density at radius 1 is 1.15 bits per heavy atom. The van der Waals surface area contributed by atoms with Crippen LogP contribution in [0.2, 0.25) is 0 Å². The first-order chi connectivity index (χ1) is 12.5. The number of aryl methyl sites for hydroxylation is 1. The molecule has 130 valence electrons. The maximum absolute atomic E-state index is 12.9. The van der Waals surface area contributed by atoms with E-state index in [4.69, 9.17) is 5.73 Å². The zero-order valence-corrected chi connectivity index (χ0v) is 14.9. The van der Waals surface area contributed by atoms with E-state index in [0.717, 1.165) is 35.2 Å². The van der Waals surface area contributed by atoms with Gasteiger partial charge in [0, 0.05) is 30.6 Å². The van der Waals surface area contributed by atoms with Gasteiger partial charge in [0.05, 0.1) is 11.2 Å². The van der Waals surface area contributed by atoms with Gasteiger partial charge in [-0.1, -0.05) is 12.1 Å². The molecule has 2 N–H and O–H groups in total. The van der Waals surface area contributed by atoms with Gasteiger partial charge in [-0.25, -0.2) is 4.98 Å². The number of hydrogen-bond acceptors (Lipinski definition) is 3. The van der Waals surface area contributed by atoms with Gasteiger partial charge in [-0.15, -0.1) is 0 Å². The highest BCUT2D eigenvalue weighted by molar-refractivity contribution is 5.95. The van der Waals surface area contributed by atoms with E-state index in [0.29, 0.717) is 11.5 Å². The number of fused-ring (bicyclic) bond motifs is 4. The third-order valence-electron chi connectivity index (χ3n) is 5.85. The van der Waals surface area contributed by atoms with E-state index < -0.39 is 0 Å². The third kappa shape index (κ3) is 1.91. The molecule has 5 rings (SSSR count). The summed E-state index contributed by atoms with van der Waals surface area (Å²) in [5.41, 5.74) is 11.8. The molecule has 3 heterocycles. The normalized spacial score (nSPS) is 17.0. The van der Waals surface area contributed by atoms with E-state index >= 15 is 0 Å². The monoisotopic (exact) mass is 344 g/mol. The highest BCUT2D eigenvalue weighted by Crippen LogP contribution is 2.54. The number of aromatic nitrogens is 2. The average Bonchev–Trinajstić information content (AvgIpc) is 3.32. The second-order valence-corrected chi connectivity index (χ2v) is 7.32. The Bertz CT molecular complexity index is 1060. The molecule has 1 aliphatic carbocycles. The van der Waals surface area contributed by atoms with Gasteiger partial charge in [0.2, 0.25) is 0 Å². The van der Waals surface area contributed by atoms with Crippen molar-refractivity contribution in [3.8, 4) is 16.8 Å². The molecular weight excluding hydrogens is 324 g/mol. The molecule has 0 atom stereocenters. The Labute approximate surface area is 152 Å². The van der Waals surface area contributed by atoms with Crippen LogP contribution in [0.15, 0.2) is 48.8 Å². The minimum Gasteiger partial charge on any atom is -0.383 e. The molecule has 2 aliphatic rings. The lowest BCUT2D eigenvalue weighted by Gasteiger charge is -2.27. The van der Waals surface area contributed by atoms with Gasteiger partial charge in [0.1, 0.15) is 11.5 Å². The van der Waals surface area contributed by atoms with Crippen LogP contribution in [-0.2, 0) is 5.54 Å². The zero-order chi connectivity index (χ0) is 18.1. The van der Waals surface area contributed by atoms with E-state index in [1.54, 1.807) is 0 Å². The molecule has 5 nitrogen and oxygen atoms in total. The Morgan fingerprint density at radius 3 is 2.69 bits per heavy atom. The number of hydrogen-bond donors (Lipinski definition) is 1. The van der Waals surface area contributed by atoms with Crippen molar-refractivity contribution in [3.05, 3.63) is 65.6 Å². The van der Waals surface area contributed by atoms with Crippen molar-refractivity contribution in [3.63, 3.8) is 0 Å². The van der Waals surface area contributed by atoms with E-state index in [9.17, 15) is 4.79 Å². The van der Waals surface area contributed by atoms with Crippen molar-refractivity contribution in [2.24, 2.45) is 0 Å². The maximum atomic E-state index is 12.9. The lowest BCUT2D eigenvalue weighted by Crippen LogP contribution is -2.36. The fourth-order valence-electron chi connectivity index (χ4n) is 4.08. The van der Waals surface area contributed by atoms with Gasteiger partial charge in [-0.05, 0) is 55.2 Å². The molecule has 0 saturated heterocycles. The Morgan fingerprint density at radius 2 is 1.96 bits per heavy atom. The van der Waals surface area contributed by atoms with Crippen LogP contribution >= 0.6 is 0 Å². The second-order valence-electron chi connectivity index (χ2n) is 7.32. The first kappa shape index (κ1) is 15.2. The van der Waals surface area contributed by atoms with E-state index in [1.807, 2.05) is 48.0 Å². The minimum atomic E-state index is -0.167. The molecule has 3 aromatic rings. The molecule has 0 bridgehead atoms. The SMILES string of the molecule is Cc1cc(-c2ccc3c(c2)-n2cccc2C(=O)N(C)C32CC2)cnc1N. The molecule has 1 aliphatic heterocycles. The molecule has 2 aromatic heterocycles. The van der Waals surface area contributed by atoms with E-state index in [1.165, 1.54) is 5.56 Å². The number of pyridine rings is 1. The predicted octanol–water partition coefficient (Wildman–Crippen LogP) is 3.50. The quantitative estimate of drug-likeness (QED) is 0.735. The molecule has 1 fully saturated rings. The van der Waals surface area contributed by atoms with Gasteiger partial charge >= 0.3 is 0 Å². The van der Waals surface area contributed by atoms with E-state index in [2.05, 4.69) is 29.2 Å². The van der Waals surface area contributed by atoms with E-state index in [-0.39, 0.29) is 11.4 Å². The predicted molar refractivity (Wildman–Crippen MR) is 101 cm³/mol. The zero-order valence-electron chi connectivity index (χ0n) is 14.9. The van der Waals surface area contributed by atoms with Crippen molar-refractivity contribution in [1.82, 2.24) is 14.5 Å². The van der Waals surface area contributed by atoms with Crippen LogP contribution in [0.25, 0.3) is 16.8 Å². The number of nitrogens with zero attached hydrogens (tertiary/aromatic N) is 3. The van der Waals surface area contributed by atoms with Gasteiger partial charge < -0.3 is 15.2 Å². The summed E-state index contributed by atoms with van der Waals surface area (Å²) >= 11 is 0. The topological polar surface area (TPSA) is 64.2 Å². The average molecular weight is 344 g/mol. The highest BCUT2D eigenvalue weighted by Gasteiger charge is 2.53. The van der Waals surface area contributed by atoms with Gasteiger partial charge in [-0.2, -0.15) is 0 Å². The summed E-state index contributed by atoms with van der Waals surface area (Å²) in [4.78, 5) is 19.1. The van der Waals surface area contributed by atoms with Gasteiger partial charge in [0.25, 0.3) is 5.91 Å². The largest absolute Gasteiger partial charge is 0.383 e. The molecule has 1 amide bonds. The van der Waals surface area contributed by atoms with Crippen molar-refractivity contribution in [2.75, 3.05) is 12.8 Å². The molecule has 5 heteroatoms. The summed E-state index contributed by atoms with van der Waals surface area (Å²) < 4.78 is 2.02. The van der Waals surface area contributed by atoms with Crippen molar-refractivity contribution in [1.29, 1.82) is 0 Å². The Kier molecular flexibility index (Phi) is 2.91. The summed E-state index contributed by atoms with van der Waals surface area (Å²) in [6.07, 6.45) is 5.79. The van der Waals surface area contributed by atoms with Crippen LogP contribution in [0, 0.1) is 6.92 Å². The number of carbonyl (C=O) groups is 1. The fraction of sp³-hybridized carbons (Fsp3) is 0.238. The number of nitrogens with two attached hydrogens (primary N) is 1. The molecule has 1 spiro atoms. The second kappa shape index (κ2) is 4.97. The lowest BCUT2D eigenvalue weighted by atomic mass is 9.96. The highest BCUT2D eigenvalue weighted by atomic mass is 16.2. The molecular formula is C21H20N4O. The van der Waals surface area contributed by atoms with Gasteiger partial charge in [0.15, 0.2) is 0 Å². The standard InChI is InChI=1S/C21H20N4O/c1-13-10-15(12-23-19(13)22)14-5-6-16-18(11-14)25-9-3-4-17(25)20(26)24(2)21(16)7-8-21/h3-6,9-12H,7-8H2,1-2H3,(H2,22,23).